The van der Waals surface area contributed by atoms with E-state index < -0.39 is 0 Å². The van der Waals surface area contributed by atoms with Crippen LogP contribution >= 0.6 is 0 Å². The molecule has 0 unspecified atom stereocenters. The molecule has 2 heteroatoms. The quantitative estimate of drug-likeness (QED) is 0.674. The second-order valence-electron chi connectivity index (χ2n) is 2.68. The molecule has 11 heavy (non-hydrogen) atoms. The molecule has 0 aliphatic carbocycles. The summed E-state index contributed by atoms with van der Waals surface area (Å²) in [5, 5.41) is 17.7. The Bertz CT molecular complexity index is 216. The number of aromatic hydroxyl groups is 1. The minimum Gasteiger partial charge on any atom is -0.508 e. The number of benzene rings is 1. The molecule has 0 aromatic heterocycles. The molecule has 0 fully saturated rings. The van der Waals surface area contributed by atoms with Crippen LogP contribution in [-0.2, 0) is 0 Å². The molecule has 1 rings (SSSR count). The molecule has 0 saturated carbocycles. The molecule has 0 amide bonds. The van der Waals surface area contributed by atoms with Gasteiger partial charge in [0.05, 0.1) is 0 Å². The molecule has 1 aromatic rings. The van der Waals surface area contributed by atoms with Gasteiger partial charge in [0.25, 0.3) is 0 Å². The van der Waals surface area contributed by atoms with Crippen LogP contribution < -0.4 is 0 Å². The van der Waals surface area contributed by atoms with Crippen molar-refractivity contribution in [2.45, 2.75) is 12.8 Å². The summed E-state index contributed by atoms with van der Waals surface area (Å²) in [6.45, 7) is 2.08. The largest absolute Gasteiger partial charge is 0.508 e. The summed E-state index contributed by atoms with van der Waals surface area (Å²) in [5.41, 5.74) is 1.05. The Morgan fingerprint density at radius 1 is 1.27 bits per heavy atom. The molecule has 1 atom stereocenters. The van der Waals surface area contributed by atoms with E-state index in [0.717, 1.165) is 5.56 Å². The molecule has 0 heterocycles. The van der Waals surface area contributed by atoms with E-state index in [4.69, 9.17) is 10.2 Å². The fourth-order valence-corrected chi connectivity index (χ4v) is 0.908. The number of hydrogen-bond acceptors (Lipinski definition) is 2. The molecule has 0 saturated heterocycles. The Balaban J connectivity index is 2.81. The Morgan fingerprint density at radius 3 is 2.27 bits per heavy atom. The second-order valence-corrected chi connectivity index (χ2v) is 2.68. The van der Waals surface area contributed by atoms with E-state index in [1.54, 1.807) is 12.1 Å². The number of phenolic OH excluding ortho intramolecular Hbond substituents is 1. The molecule has 60 valence electrons. The minimum absolute atomic E-state index is 0.144. The first-order valence-electron chi connectivity index (χ1n) is 3.64. The van der Waals surface area contributed by atoms with Crippen LogP contribution in [0.25, 0.3) is 0 Å². The van der Waals surface area contributed by atoms with Crippen LogP contribution in [0.15, 0.2) is 24.3 Å². The summed E-state index contributed by atoms with van der Waals surface area (Å²) in [5.74, 6) is 0.412. The first-order chi connectivity index (χ1) is 5.24. The van der Waals surface area contributed by atoms with Crippen LogP contribution in [0, 0.1) is 0 Å². The normalized spacial score (nSPS) is 12.9. The summed E-state index contributed by atoms with van der Waals surface area (Å²) in [6.07, 6.45) is 0. The van der Waals surface area contributed by atoms with Gasteiger partial charge in [0.1, 0.15) is 5.75 Å². The fourth-order valence-electron chi connectivity index (χ4n) is 0.908. The monoisotopic (exact) mass is 152 g/mol. The molecule has 0 bridgehead atoms. The van der Waals surface area contributed by atoms with Crippen molar-refractivity contribution in [3.8, 4) is 5.75 Å². The summed E-state index contributed by atoms with van der Waals surface area (Å²) in [6, 6.07) is 6.88. The van der Waals surface area contributed by atoms with Crippen LogP contribution in [0.2, 0.25) is 0 Å². The topological polar surface area (TPSA) is 40.5 Å². The van der Waals surface area contributed by atoms with E-state index in [1.165, 1.54) is 0 Å². The van der Waals surface area contributed by atoms with Crippen molar-refractivity contribution < 1.29 is 10.2 Å². The smallest absolute Gasteiger partial charge is 0.115 e. The second kappa shape index (κ2) is 3.39. The molecule has 2 N–H and O–H groups in total. The lowest BCUT2D eigenvalue weighted by Gasteiger charge is -2.06. The number of aliphatic hydroxyl groups is 1. The van der Waals surface area contributed by atoms with Gasteiger partial charge in [0.15, 0.2) is 0 Å². The average molecular weight is 152 g/mol. The predicted molar refractivity (Wildman–Crippen MR) is 43.6 cm³/mol. The summed E-state index contributed by atoms with van der Waals surface area (Å²) in [4.78, 5) is 0. The van der Waals surface area contributed by atoms with E-state index in [-0.39, 0.29) is 18.3 Å². The molecule has 0 spiro atoms. The van der Waals surface area contributed by atoms with Crippen LogP contribution in [0.1, 0.15) is 18.4 Å². The van der Waals surface area contributed by atoms with Gasteiger partial charge in [0.2, 0.25) is 0 Å². The van der Waals surface area contributed by atoms with Crippen molar-refractivity contribution in [2.75, 3.05) is 6.61 Å². The predicted octanol–water partition coefficient (Wildman–Crippen LogP) is 1.49. The fraction of sp³-hybridized carbons (Fsp3) is 0.333. The third kappa shape index (κ3) is 1.95. The maximum Gasteiger partial charge on any atom is 0.115 e. The minimum atomic E-state index is 0.144. The van der Waals surface area contributed by atoms with Crippen molar-refractivity contribution in [3.05, 3.63) is 29.8 Å². The molecule has 0 aliphatic heterocycles. The maximum absolute atomic E-state index is 8.95. The highest BCUT2D eigenvalue weighted by Crippen LogP contribution is 2.17. The molecule has 0 aliphatic rings. The van der Waals surface area contributed by atoms with Crippen molar-refractivity contribution in [1.29, 1.82) is 0 Å². The lowest BCUT2D eigenvalue weighted by Crippen LogP contribution is -1.97. The molecular weight excluding hydrogens is 140 g/mol. The van der Waals surface area contributed by atoms with Crippen molar-refractivity contribution in [2.24, 2.45) is 0 Å². The average Bonchev–Trinajstić information content (AvgIpc) is 2.05. The highest BCUT2D eigenvalue weighted by atomic mass is 16.3. The number of hydrogen-bond donors (Lipinski definition) is 2. The number of rotatable bonds is 2. The van der Waals surface area contributed by atoms with Crippen molar-refractivity contribution in [1.82, 2.24) is 0 Å². The van der Waals surface area contributed by atoms with Crippen LogP contribution in [-0.4, -0.2) is 16.8 Å². The molecular formula is C9H12O2. The number of aliphatic hydroxyl groups excluding tert-OH is 1. The lowest BCUT2D eigenvalue weighted by molar-refractivity contribution is 0.273. The van der Waals surface area contributed by atoms with Gasteiger partial charge >= 0.3 is 0 Å². The summed E-state index contributed by atoms with van der Waals surface area (Å²) < 4.78 is 0. The zero-order chi connectivity index (χ0) is 8.27. The summed E-state index contributed by atoms with van der Waals surface area (Å²) in [7, 11) is 0. The Hall–Kier alpha value is -1.02. The third-order valence-corrected chi connectivity index (χ3v) is 1.74. The van der Waals surface area contributed by atoms with Gasteiger partial charge in [-0.15, -0.1) is 0 Å². The first-order valence-corrected chi connectivity index (χ1v) is 3.64. The SMILES string of the molecule is C[C@H](CO)c1ccc(O)cc1. The van der Waals surface area contributed by atoms with Crippen molar-refractivity contribution in [3.63, 3.8) is 0 Å². The van der Waals surface area contributed by atoms with Crippen LogP contribution in [0.3, 0.4) is 0 Å². The van der Waals surface area contributed by atoms with Gasteiger partial charge in [-0.2, -0.15) is 0 Å². The van der Waals surface area contributed by atoms with E-state index >= 15 is 0 Å². The Kier molecular flexibility index (Phi) is 2.49. The van der Waals surface area contributed by atoms with E-state index in [9.17, 15) is 0 Å². The van der Waals surface area contributed by atoms with Gasteiger partial charge < -0.3 is 10.2 Å². The molecule has 1 aromatic carbocycles. The van der Waals surface area contributed by atoms with E-state index in [2.05, 4.69) is 0 Å². The lowest BCUT2D eigenvalue weighted by atomic mass is 10.0. The zero-order valence-corrected chi connectivity index (χ0v) is 6.49. The van der Waals surface area contributed by atoms with Crippen LogP contribution in [0.4, 0.5) is 0 Å². The van der Waals surface area contributed by atoms with Gasteiger partial charge in [-0.1, -0.05) is 19.1 Å². The highest BCUT2D eigenvalue weighted by Gasteiger charge is 2.01. The third-order valence-electron chi connectivity index (χ3n) is 1.74. The zero-order valence-electron chi connectivity index (χ0n) is 6.49. The highest BCUT2D eigenvalue weighted by molar-refractivity contribution is 5.27. The molecule has 2 nitrogen and oxygen atoms in total. The maximum atomic E-state index is 8.95. The van der Waals surface area contributed by atoms with Crippen LogP contribution in [0.5, 0.6) is 5.75 Å². The summed E-state index contributed by atoms with van der Waals surface area (Å²) >= 11 is 0. The van der Waals surface area contributed by atoms with Gasteiger partial charge in [-0.25, -0.2) is 0 Å². The standard InChI is InChI=1S/C9H12O2/c1-7(6-10)8-2-4-9(11)5-3-8/h2-5,7,10-11H,6H2,1H3/t7-/m1/s1. The van der Waals surface area contributed by atoms with E-state index in [1.807, 2.05) is 19.1 Å². The van der Waals surface area contributed by atoms with Gasteiger partial charge in [-0.3, -0.25) is 0 Å². The Labute approximate surface area is 66.1 Å². The first kappa shape index (κ1) is 8.08. The van der Waals surface area contributed by atoms with Gasteiger partial charge in [0, 0.05) is 12.5 Å². The molecule has 0 radical (unpaired) electrons. The van der Waals surface area contributed by atoms with Crippen molar-refractivity contribution >= 4 is 0 Å². The number of phenols is 1. The Morgan fingerprint density at radius 2 is 1.82 bits per heavy atom. The van der Waals surface area contributed by atoms with Gasteiger partial charge in [-0.05, 0) is 17.7 Å². The van der Waals surface area contributed by atoms with E-state index in [0.29, 0.717) is 0 Å².